The lowest BCUT2D eigenvalue weighted by atomic mass is 10.0. The van der Waals surface area contributed by atoms with E-state index < -0.39 is 10.0 Å². The molecule has 0 amide bonds. The minimum atomic E-state index is -3.02. The van der Waals surface area contributed by atoms with Crippen LogP contribution in [0.5, 0.6) is 0 Å². The van der Waals surface area contributed by atoms with Crippen LogP contribution in [0.3, 0.4) is 0 Å². The van der Waals surface area contributed by atoms with Gasteiger partial charge in [-0.1, -0.05) is 26.7 Å². The summed E-state index contributed by atoms with van der Waals surface area (Å²) in [7, 11) is -1.26. The van der Waals surface area contributed by atoms with Gasteiger partial charge in [0.15, 0.2) is 5.96 Å². The fraction of sp³-hybridized carbons (Fsp3) is 0.944. The first-order valence-electron chi connectivity index (χ1n) is 10.1. The zero-order valence-electron chi connectivity index (χ0n) is 16.7. The van der Waals surface area contributed by atoms with Gasteiger partial charge in [0.25, 0.3) is 0 Å². The van der Waals surface area contributed by atoms with Gasteiger partial charge >= 0.3 is 0 Å². The molecule has 2 saturated heterocycles. The van der Waals surface area contributed by atoms with Crippen LogP contribution in [-0.2, 0) is 10.0 Å². The molecule has 2 heterocycles. The molecule has 2 fully saturated rings. The summed E-state index contributed by atoms with van der Waals surface area (Å²) in [5, 5.41) is 6.70. The summed E-state index contributed by atoms with van der Waals surface area (Å²) < 4.78 is 25.3. The van der Waals surface area contributed by atoms with E-state index in [0.29, 0.717) is 31.6 Å². The molecule has 0 radical (unpaired) electrons. The van der Waals surface area contributed by atoms with Crippen LogP contribution in [0.25, 0.3) is 0 Å². The predicted octanol–water partition coefficient (Wildman–Crippen LogP) is 1.09. The van der Waals surface area contributed by atoms with Crippen LogP contribution in [-0.4, -0.2) is 81.7 Å². The Bertz CT molecular complexity index is 542. The summed E-state index contributed by atoms with van der Waals surface area (Å²) in [4.78, 5) is 6.91. The molecular weight excluding hydrogens is 350 g/mol. The molecule has 2 aliphatic rings. The van der Waals surface area contributed by atoms with Crippen molar-refractivity contribution in [3.8, 4) is 0 Å². The third kappa shape index (κ3) is 6.39. The Labute approximate surface area is 159 Å². The highest BCUT2D eigenvalue weighted by Gasteiger charge is 2.27. The number of guanidine groups is 1. The molecule has 7 nitrogen and oxygen atoms in total. The zero-order valence-corrected chi connectivity index (χ0v) is 17.5. The number of hydrogen-bond donors (Lipinski definition) is 2. The molecular formula is C18H37N5O2S. The second-order valence-corrected chi connectivity index (χ2v) is 9.80. The standard InChI is InChI=1S/C18H37N5O2S/c1-16(2)17(22-10-6-4-5-7-11-22)15-21-18(19-3)20-9-13-23-12-8-14-26(23,24)25/h16-17H,4-15H2,1-3H3,(H2,19,20,21). The van der Waals surface area contributed by atoms with E-state index in [9.17, 15) is 8.42 Å². The van der Waals surface area contributed by atoms with E-state index in [0.717, 1.165) is 18.9 Å². The Morgan fingerprint density at radius 2 is 1.73 bits per heavy atom. The van der Waals surface area contributed by atoms with E-state index in [2.05, 4.69) is 34.4 Å². The number of sulfonamides is 1. The Morgan fingerprint density at radius 1 is 1.04 bits per heavy atom. The second kappa shape index (κ2) is 10.5. The van der Waals surface area contributed by atoms with E-state index in [1.54, 1.807) is 11.4 Å². The lowest BCUT2D eigenvalue weighted by Gasteiger charge is -2.34. The Hall–Kier alpha value is -0.860. The fourth-order valence-electron chi connectivity index (χ4n) is 3.88. The van der Waals surface area contributed by atoms with Crippen molar-refractivity contribution in [1.29, 1.82) is 0 Å². The van der Waals surface area contributed by atoms with E-state index in [4.69, 9.17) is 0 Å². The van der Waals surface area contributed by atoms with E-state index in [-0.39, 0.29) is 5.75 Å². The molecule has 2 aliphatic heterocycles. The van der Waals surface area contributed by atoms with Crippen molar-refractivity contribution >= 4 is 16.0 Å². The molecule has 0 aromatic carbocycles. The number of rotatable bonds is 7. The topological polar surface area (TPSA) is 77.0 Å². The van der Waals surface area contributed by atoms with Crippen molar-refractivity contribution in [2.75, 3.05) is 52.1 Å². The first-order chi connectivity index (χ1) is 12.4. The molecule has 0 aliphatic carbocycles. The van der Waals surface area contributed by atoms with Gasteiger partial charge in [-0.2, -0.15) is 0 Å². The van der Waals surface area contributed by atoms with Crippen LogP contribution in [0.2, 0.25) is 0 Å². The van der Waals surface area contributed by atoms with Gasteiger partial charge in [0, 0.05) is 39.3 Å². The summed E-state index contributed by atoms with van der Waals surface area (Å²) in [5.41, 5.74) is 0. The molecule has 2 rings (SSSR count). The maximum Gasteiger partial charge on any atom is 0.214 e. The van der Waals surface area contributed by atoms with Gasteiger partial charge in [-0.15, -0.1) is 0 Å². The Kier molecular flexibility index (Phi) is 8.63. The quantitative estimate of drug-likeness (QED) is 0.505. The molecule has 0 aromatic heterocycles. The average molecular weight is 388 g/mol. The summed E-state index contributed by atoms with van der Waals surface area (Å²) in [6.45, 7) is 9.52. The van der Waals surface area contributed by atoms with Gasteiger partial charge in [-0.3, -0.25) is 9.89 Å². The maximum absolute atomic E-state index is 11.8. The molecule has 152 valence electrons. The van der Waals surface area contributed by atoms with Crippen molar-refractivity contribution in [2.24, 2.45) is 10.9 Å². The van der Waals surface area contributed by atoms with Gasteiger partial charge in [0.05, 0.1) is 5.75 Å². The molecule has 0 spiro atoms. The largest absolute Gasteiger partial charge is 0.355 e. The first kappa shape index (κ1) is 21.4. The zero-order chi connectivity index (χ0) is 19.0. The SMILES string of the molecule is CN=C(NCCN1CCCS1(=O)=O)NCC(C(C)C)N1CCCCCC1. The molecule has 0 aromatic rings. The van der Waals surface area contributed by atoms with Gasteiger partial charge in [-0.05, 0) is 38.3 Å². The third-order valence-electron chi connectivity index (χ3n) is 5.44. The lowest BCUT2D eigenvalue weighted by molar-refractivity contribution is 0.161. The molecule has 2 N–H and O–H groups in total. The Morgan fingerprint density at radius 3 is 2.27 bits per heavy atom. The van der Waals surface area contributed by atoms with Crippen molar-refractivity contribution in [2.45, 2.75) is 52.0 Å². The van der Waals surface area contributed by atoms with Gasteiger partial charge in [0.1, 0.15) is 0 Å². The monoisotopic (exact) mass is 387 g/mol. The molecule has 26 heavy (non-hydrogen) atoms. The van der Waals surface area contributed by atoms with Crippen molar-refractivity contribution < 1.29 is 8.42 Å². The smallest absolute Gasteiger partial charge is 0.214 e. The molecule has 1 atom stereocenters. The highest BCUT2D eigenvalue weighted by Crippen LogP contribution is 2.17. The number of aliphatic imine (C=N–C) groups is 1. The van der Waals surface area contributed by atoms with Crippen LogP contribution in [0.1, 0.15) is 46.0 Å². The Balaban J connectivity index is 1.78. The predicted molar refractivity (Wildman–Crippen MR) is 108 cm³/mol. The van der Waals surface area contributed by atoms with Crippen LogP contribution < -0.4 is 10.6 Å². The number of hydrogen-bond acceptors (Lipinski definition) is 4. The minimum Gasteiger partial charge on any atom is -0.355 e. The van der Waals surface area contributed by atoms with Crippen molar-refractivity contribution in [3.05, 3.63) is 0 Å². The third-order valence-corrected chi connectivity index (χ3v) is 7.39. The molecule has 8 heteroatoms. The van der Waals surface area contributed by atoms with Crippen LogP contribution >= 0.6 is 0 Å². The average Bonchev–Trinajstić information content (AvgIpc) is 2.79. The number of nitrogens with one attached hydrogen (secondary N) is 2. The lowest BCUT2D eigenvalue weighted by Crippen LogP contribution is -2.50. The number of nitrogens with zero attached hydrogens (tertiary/aromatic N) is 3. The fourth-order valence-corrected chi connectivity index (χ4v) is 5.41. The number of likely N-dealkylation sites (tertiary alicyclic amines) is 1. The highest BCUT2D eigenvalue weighted by atomic mass is 32.2. The van der Waals surface area contributed by atoms with Crippen LogP contribution in [0.4, 0.5) is 0 Å². The molecule has 1 unspecified atom stereocenters. The van der Waals surface area contributed by atoms with Crippen LogP contribution in [0, 0.1) is 5.92 Å². The summed E-state index contributed by atoms with van der Waals surface area (Å²) in [6, 6.07) is 0.491. The van der Waals surface area contributed by atoms with Gasteiger partial charge in [-0.25, -0.2) is 12.7 Å². The summed E-state index contributed by atoms with van der Waals surface area (Å²) >= 11 is 0. The normalized spacial score (nSPS) is 23.8. The van der Waals surface area contributed by atoms with Crippen LogP contribution in [0.15, 0.2) is 4.99 Å². The van der Waals surface area contributed by atoms with Crippen molar-refractivity contribution in [1.82, 2.24) is 19.8 Å². The van der Waals surface area contributed by atoms with E-state index in [1.165, 1.54) is 38.8 Å². The summed E-state index contributed by atoms with van der Waals surface area (Å²) in [6.07, 6.45) is 6.01. The van der Waals surface area contributed by atoms with Gasteiger partial charge in [0.2, 0.25) is 10.0 Å². The van der Waals surface area contributed by atoms with Gasteiger partial charge < -0.3 is 10.6 Å². The van der Waals surface area contributed by atoms with E-state index >= 15 is 0 Å². The van der Waals surface area contributed by atoms with Crippen molar-refractivity contribution in [3.63, 3.8) is 0 Å². The first-order valence-corrected chi connectivity index (χ1v) is 11.7. The summed E-state index contributed by atoms with van der Waals surface area (Å²) in [5.74, 6) is 1.61. The molecule has 0 saturated carbocycles. The molecule has 0 bridgehead atoms. The minimum absolute atomic E-state index is 0.284. The maximum atomic E-state index is 11.8. The highest BCUT2D eigenvalue weighted by molar-refractivity contribution is 7.89. The van der Waals surface area contributed by atoms with E-state index in [1.807, 2.05) is 0 Å². The second-order valence-electron chi connectivity index (χ2n) is 7.71.